The number of esters is 1. The zero-order valence-electron chi connectivity index (χ0n) is 18.2. The maximum absolute atomic E-state index is 13.1. The molecule has 0 radical (unpaired) electrons. The lowest BCUT2D eigenvalue weighted by Crippen LogP contribution is -2.55. The van der Waals surface area contributed by atoms with E-state index in [1.807, 2.05) is 0 Å². The lowest BCUT2D eigenvalue weighted by atomic mass is 9.47. The van der Waals surface area contributed by atoms with Crippen LogP contribution in [-0.2, 0) is 14.3 Å². The molecule has 3 heteroatoms. The number of carbonyl (C=O) groups excluding carboxylic acids is 1. The first kappa shape index (κ1) is 19.7. The summed E-state index contributed by atoms with van der Waals surface area (Å²) in [5.41, 5.74) is 0.198. The number of ether oxygens (including phenoxy) is 2. The summed E-state index contributed by atoms with van der Waals surface area (Å²) in [6, 6.07) is 0. The van der Waals surface area contributed by atoms with Crippen LogP contribution in [0.25, 0.3) is 0 Å². The number of carbonyl (C=O) groups is 1. The third-order valence-electron chi connectivity index (χ3n) is 8.54. The van der Waals surface area contributed by atoms with Gasteiger partial charge in [-0.1, -0.05) is 34.6 Å². The largest absolute Gasteiger partial charge is 0.438 e. The summed E-state index contributed by atoms with van der Waals surface area (Å²) in [6.45, 7) is 12.0. The number of hydrogen-bond acceptors (Lipinski definition) is 3. The van der Waals surface area contributed by atoms with Gasteiger partial charge >= 0.3 is 5.97 Å². The minimum absolute atomic E-state index is 0.0251. The lowest BCUT2D eigenvalue weighted by Gasteiger charge is -2.57. The van der Waals surface area contributed by atoms with Crippen LogP contribution in [0.15, 0.2) is 0 Å². The summed E-state index contributed by atoms with van der Waals surface area (Å²) < 4.78 is 11.7. The average Bonchev–Trinajstić information content (AvgIpc) is 2.53. The van der Waals surface area contributed by atoms with Crippen molar-refractivity contribution < 1.29 is 14.3 Å². The van der Waals surface area contributed by atoms with Gasteiger partial charge in [-0.3, -0.25) is 4.79 Å². The molecule has 1 atom stereocenters. The molecule has 5 rings (SSSR count). The van der Waals surface area contributed by atoms with Gasteiger partial charge in [-0.05, 0) is 91.8 Å². The van der Waals surface area contributed by atoms with Gasteiger partial charge in [0, 0.05) is 0 Å². The second-order valence-electron chi connectivity index (χ2n) is 12.5. The van der Waals surface area contributed by atoms with Crippen LogP contribution in [0.5, 0.6) is 0 Å². The van der Waals surface area contributed by atoms with E-state index in [9.17, 15) is 4.79 Å². The molecule has 1 unspecified atom stereocenters. The molecule has 5 fully saturated rings. The number of rotatable bonds is 6. The summed E-state index contributed by atoms with van der Waals surface area (Å²) in [5, 5.41) is 0. The highest BCUT2D eigenvalue weighted by Gasteiger charge is 2.60. The summed E-state index contributed by atoms with van der Waals surface area (Å²) >= 11 is 0. The Labute approximate surface area is 165 Å². The Hall–Kier alpha value is -0.570. The molecule has 154 valence electrons. The molecule has 0 N–H and O–H groups in total. The second kappa shape index (κ2) is 6.47. The molecule has 0 heterocycles. The zero-order valence-corrected chi connectivity index (χ0v) is 18.2. The fraction of sp³-hybridized carbons (Fsp3) is 0.958. The van der Waals surface area contributed by atoms with Crippen molar-refractivity contribution in [2.45, 2.75) is 92.4 Å². The maximum Gasteiger partial charge on any atom is 0.314 e. The highest BCUT2D eigenvalue weighted by molar-refractivity contribution is 5.79. The van der Waals surface area contributed by atoms with Gasteiger partial charge in [-0.15, -0.1) is 0 Å². The molecule has 0 aromatic carbocycles. The van der Waals surface area contributed by atoms with Gasteiger partial charge in [-0.25, -0.2) is 0 Å². The van der Waals surface area contributed by atoms with Crippen LogP contribution < -0.4 is 0 Å². The molecule has 0 saturated heterocycles. The SMILES string of the molecule is CC(C)(C)CC1(C(=O)OCOCC23CC4CC(CC(C4)C2)C3)CCC1(C)C. The molecule has 4 bridgehead atoms. The normalized spacial score (nSPS) is 42.0. The predicted octanol–water partition coefficient (Wildman–Crippen LogP) is 5.96. The second-order valence-corrected chi connectivity index (χ2v) is 12.5. The summed E-state index contributed by atoms with van der Waals surface area (Å²) in [6.07, 6.45) is 11.3. The van der Waals surface area contributed by atoms with E-state index in [4.69, 9.17) is 9.47 Å². The van der Waals surface area contributed by atoms with Crippen LogP contribution in [0.4, 0.5) is 0 Å². The molecule has 0 aromatic heterocycles. The molecular weight excluding hydrogens is 336 g/mol. The Bertz CT molecular complexity index is 550. The van der Waals surface area contributed by atoms with Crippen LogP contribution >= 0.6 is 0 Å². The van der Waals surface area contributed by atoms with Gasteiger partial charge in [0.05, 0.1) is 12.0 Å². The van der Waals surface area contributed by atoms with Crippen molar-refractivity contribution >= 4 is 5.97 Å². The smallest absolute Gasteiger partial charge is 0.314 e. The Morgan fingerprint density at radius 3 is 1.93 bits per heavy atom. The zero-order chi connectivity index (χ0) is 19.5. The van der Waals surface area contributed by atoms with E-state index in [1.165, 1.54) is 38.5 Å². The summed E-state index contributed by atoms with van der Waals surface area (Å²) in [7, 11) is 0. The molecule has 0 amide bonds. The highest BCUT2D eigenvalue weighted by atomic mass is 16.7. The topological polar surface area (TPSA) is 35.5 Å². The third kappa shape index (κ3) is 3.58. The standard InChI is InChI=1S/C24H40O3/c1-21(2,3)14-24(7-6-22(24,4)5)20(25)27-16-26-15-23-11-17-8-18(12-23)10-19(9-17)13-23/h17-19H,6-16H2,1-5H3. The summed E-state index contributed by atoms with van der Waals surface area (Å²) in [5.74, 6) is 2.79. The van der Waals surface area contributed by atoms with Crippen LogP contribution in [0, 0.1) is 39.4 Å². The minimum atomic E-state index is -0.338. The third-order valence-corrected chi connectivity index (χ3v) is 8.54. The maximum atomic E-state index is 13.1. The van der Waals surface area contributed by atoms with Crippen LogP contribution in [0.2, 0.25) is 0 Å². The van der Waals surface area contributed by atoms with E-state index >= 15 is 0 Å². The molecule has 5 aliphatic carbocycles. The molecule has 0 aliphatic heterocycles. The van der Waals surface area contributed by atoms with Gasteiger partial charge in [0.15, 0.2) is 6.79 Å². The lowest BCUT2D eigenvalue weighted by molar-refractivity contribution is -0.199. The molecule has 5 aliphatic rings. The van der Waals surface area contributed by atoms with Gasteiger partial charge in [0.1, 0.15) is 0 Å². The molecule has 0 spiro atoms. The molecule has 27 heavy (non-hydrogen) atoms. The minimum Gasteiger partial charge on any atom is -0.438 e. The summed E-state index contributed by atoms with van der Waals surface area (Å²) in [4.78, 5) is 13.1. The Morgan fingerprint density at radius 2 is 1.52 bits per heavy atom. The quantitative estimate of drug-likeness (QED) is 0.326. The average molecular weight is 377 g/mol. The van der Waals surface area contributed by atoms with Crippen molar-refractivity contribution in [3.63, 3.8) is 0 Å². The van der Waals surface area contributed by atoms with Crippen molar-refractivity contribution in [1.82, 2.24) is 0 Å². The Kier molecular flexibility index (Phi) is 4.73. The van der Waals surface area contributed by atoms with Gasteiger partial charge in [0.2, 0.25) is 0 Å². The molecular formula is C24H40O3. The van der Waals surface area contributed by atoms with E-state index in [-0.39, 0.29) is 29.0 Å². The van der Waals surface area contributed by atoms with E-state index in [2.05, 4.69) is 34.6 Å². The van der Waals surface area contributed by atoms with E-state index in [1.54, 1.807) is 0 Å². The molecule has 3 nitrogen and oxygen atoms in total. The van der Waals surface area contributed by atoms with E-state index in [0.717, 1.165) is 43.6 Å². The molecule has 0 aromatic rings. The fourth-order valence-electron chi connectivity index (χ4n) is 7.57. The van der Waals surface area contributed by atoms with Crippen LogP contribution in [-0.4, -0.2) is 19.4 Å². The Morgan fingerprint density at radius 1 is 0.963 bits per heavy atom. The van der Waals surface area contributed by atoms with E-state index < -0.39 is 0 Å². The van der Waals surface area contributed by atoms with Crippen molar-refractivity contribution in [2.24, 2.45) is 39.4 Å². The van der Waals surface area contributed by atoms with Crippen molar-refractivity contribution in [1.29, 1.82) is 0 Å². The Balaban J connectivity index is 1.30. The van der Waals surface area contributed by atoms with Crippen LogP contribution in [0.3, 0.4) is 0 Å². The number of hydrogen-bond donors (Lipinski definition) is 0. The highest BCUT2D eigenvalue weighted by Crippen LogP contribution is 2.62. The van der Waals surface area contributed by atoms with Crippen molar-refractivity contribution in [3.05, 3.63) is 0 Å². The predicted molar refractivity (Wildman–Crippen MR) is 107 cm³/mol. The van der Waals surface area contributed by atoms with Gasteiger partial charge < -0.3 is 9.47 Å². The van der Waals surface area contributed by atoms with Gasteiger partial charge in [-0.2, -0.15) is 0 Å². The fourth-order valence-corrected chi connectivity index (χ4v) is 7.57. The first-order valence-corrected chi connectivity index (χ1v) is 11.3. The van der Waals surface area contributed by atoms with Crippen LogP contribution in [0.1, 0.15) is 92.4 Å². The van der Waals surface area contributed by atoms with E-state index in [0.29, 0.717) is 5.41 Å². The monoisotopic (exact) mass is 376 g/mol. The first-order chi connectivity index (χ1) is 12.5. The van der Waals surface area contributed by atoms with Crippen molar-refractivity contribution in [3.8, 4) is 0 Å². The van der Waals surface area contributed by atoms with Gasteiger partial charge in [0.25, 0.3) is 0 Å². The molecule has 5 saturated carbocycles. The first-order valence-electron chi connectivity index (χ1n) is 11.3. The van der Waals surface area contributed by atoms with Crippen molar-refractivity contribution in [2.75, 3.05) is 13.4 Å².